The number of carbonyl (C=O) groups is 1. The van der Waals surface area contributed by atoms with Crippen LogP contribution in [0.25, 0.3) is 21.7 Å². The highest BCUT2D eigenvalue weighted by Crippen LogP contribution is 2.27. The number of hydrogen-bond donors (Lipinski definition) is 2. The van der Waals surface area contributed by atoms with E-state index in [9.17, 15) is 15.2 Å². The number of aromatic nitrogens is 1. The second-order valence-electron chi connectivity index (χ2n) is 8.29. The van der Waals surface area contributed by atoms with Crippen molar-refractivity contribution in [2.45, 2.75) is 13.5 Å². The van der Waals surface area contributed by atoms with Crippen LogP contribution in [0.1, 0.15) is 32.7 Å². The summed E-state index contributed by atoms with van der Waals surface area (Å²) in [5.74, 6) is -0.589. The predicted molar refractivity (Wildman–Crippen MR) is 138 cm³/mol. The number of nitrogens with one attached hydrogen (secondary N) is 1. The van der Waals surface area contributed by atoms with Crippen LogP contribution in [0, 0.1) is 18.3 Å². The number of phenols is 1. The molecule has 0 unspecified atom stereocenters. The van der Waals surface area contributed by atoms with E-state index in [4.69, 9.17) is 0 Å². The number of carbonyl (C=O) groups excluding carboxylic acids is 1. The number of nitrogens with zero attached hydrogens (tertiary/aromatic N) is 3. The molecule has 0 spiro atoms. The second kappa shape index (κ2) is 9.16. The number of amides is 1. The van der Waals surface area contributed by atoms with Crippen molar-refractivity contribution in [3.63, 3.8) is 0 Å². The van der Waals surface area contributed by atoms with Gasteiger partial charge in [0.15, 0.2) is 0 Å². The zero-order chi connectivity index (χ0) is 24.4. The van der Waals surface area contributed by atoms with E-state index in [-0.39, 0.29) is 11.3 Å². The van der Waals surface area contributed by atoms with Crippen molar-refractivity contribution in [3.8, 4) is 11.8 Å². The monoisotopic (exact) mass is 458 g/mol. The van der Waals surface area contributed by atoms with E-state index < -0.39 is 5.91 Å². The lowest BCUT2D eigenvalue weighted by atomic mass is 10.1. The second-order valence-corrected chi connectivity index (χ2v) is 8.29. The molecule has 35 heavy (non-hydrogen) atoms. The molecule has 0 saturated heterocycles. The van der Waals surface area contributed by atoms with Gasteiger partial charge in [-0.3, -0.25) is 4.79 Å². The van der Waals surface area contributed by atoms with Crippen molar-refractivity contribution < 1.29 is 9.90 Å². The van der Waals surface area contributed by atoms with Gasteiger partial charge < -0.3 is 9.67 Å². The number of benzene rings is 4. The molecule has 1 aromatic heterocycles. The van der Waals surface area contributed by atoms with Gasteiger partial charge in [0.25, 0.3) is 5.91 Å². The summed E-state index contributed by atoms with van der Waals surface area (Å²) in [6.07, 6.45) is 1.63. The Kier molecular flexibility index (Phi) is 5.74. The largest absolute Gasteiger partial charge is 0.507 e. The number of phenolic OH excluding ortho intramolecular Hbond substituents is 1. The molecular formula is C29H22N4O2. The molecular weight excluding hydrogens is 436 g/mol. The normalized spacial score (nSPS) is 11.2. The van der Waals surface area contributed by atoms with E-state index in [1.54, 1.807) is 18.3 Å². The molecule has 6 heteroatoms. The van der Waals surface area contributed by atoms with Gasteiger partial charge in [-0.05, 0) is 47.5 Å². The smallest absolute Gasteiger partial charge is 0.275 e. The van der Waals surface area contributed by atoms with Crippen LogP contribution in [0.4, 0.5) is 0 Å². The number of hydrogen-bond acceptors (Lipinski definition) is 4. The van der Waals surface area contributed by atoms with Crippen LogP contribution in [0.2, 0.25) is 0 Å². The standard InChI is InChI=1S/C29H22N4O2/c1-19-26(17-31-32-29(35)25-14-20-8-2-3-9-21(20)15-28(25)34)24-12-6-7-13-27(24)33(19)18-23-11-5-4-10-22(23)16-30/h2-15,17,34H,18H2,1H3,(H,32,35). The summed E-state index contributed by atoms with van der Waals surface area (Å²) in [7, 11) is 0. The minimum Gasteiger partial charge on any atom is -0.507 e. The minimum atomic E-state index is -0.492. The first-order valence-corrected chi connectivity index (χ1v) is 11.2. The number of rotatable bonds is 5. The lowest BCUT2D eigenvalue weighted by Gasteiger charge is -2.10. The molecule has 5 aromatic rings. The fourth-order valence-electron chi connectivity index (χ4n) is 4.39. The van der Waals surface area contributed by atoms with Crippen molar-refractivity contribution in [2.75, 3.05) is 0 Å². The van der Waals surface area contributed by atoms with Crippen LogP contribution in [-0.2, 0) is 6.54 Å². The summed E-state index contributed by atoms with van der Waals surface area (Å²) in [4.78, 5) is 12.7. The van der Waals surface area contributed by atoms with Crippen molar-refractivity contribution in [3.05, 3.63) is 113 Å². The quantitative estimate of drug-likeness (QED) is 0.269. The van der Waals surface area contributed by atoms with Crippen molar-refractivity contribution in [1.29, 1.82) is 5.26 Å². The molecule has 5 rings (SSSR count). The van der Waals surface area contributed by atoms with Crippen molar-refractivity contribution in [2.24, 2.45) is 5.10 Å². The molecule has 0 aliphatic carbocycles. The zero-order valence-corrected chi connectivity index (χ0v) is 19.1. The lowest BCUT2D eigenvalue weighted by molar-refractivity contribution is 0.0952. The summed E-state index contributed by atoms with van der Waals surface area (Å²) in [5, 5.41) is 26.7. The van der Waals surface area contributed by atoms with Gasteiger partial charge in [-0.15, -0.1) is 0 Å². The fraction of sp³-hybridized carbons (Fsp3) is 0.0690. The molecule has 0 aliphatic rings. The first-order valence-electron chi connectivity index (χ1n) is 11.2. The highest BCUT2D eigenvalue weighted by molar-refractivity contribution is 6.04. The van der Waals surface area contributed by atoms with Crippen molar-refractivity contribution >= 4 is 33.8 Å². The summed E-state index contributed by atoms with van der Waals surface area (Å²) in [6.45, 7) is 2.54. The predicted octanol–water partition coefficient (Wildman–Crippen LogP) is 5.49. The fourth-order valence-corrected chi connectivity index (χ4v) is 4.39. The zero-order valence-electron chi connectivity index (χ0n) is 19.1. The van der Waals surface area contributed by atoms with Gasteiger partial charge in [0.1, 0.15) is 5.75 Å². The van der Waals surface area contributed by atoms with Gasteiger partial charge in [-0.1, -0.05) is 60.7 Å². The van der Waals surface area contributed by atoms with Gasteiger partial charge >= 0.3 is 0 Å². The molecule has 0 fully saturated rings. The maximum Gasteiger partial charge on any atom is 0.275 e. The summed E-state index contributed by atoms with van der Waals surface area (Å²) in [5.41, 5.74) is 7.12. The van der Waals surface area contributed by atoms with E-state index in [1.165, 1.54) is 0 Å². The van der Waals surface area contributed by atoms with Crippen LogP contribution < -0.4 is 5.43 Å². The molecule has 0 atom stereocenters. The van der Waals surface area contributed by atoms with Gasteiger partial charge in [0.2, 0.25) is 0 Å². The van der Waals surface area contributed by atoms with Crippen LogP contribution in [0.5, 0.6) is 5.75 Å². The Balaban J connectivity index is 1.45. The molecule has 1 amide bonds. The average molecular weight is 459 g/mol. The topological polar surface area (TPSA) is 90.4 Å². The Hall–Kier alpha value is -4.89. The SMILES string of the molecule is Cc1c(C=NNC(=O)c2cc3ccccc3cc2O)c2ccccc2n1Cc1ccccc1C#N. The van der Waals surface area contributed by atoms with Crippen molar-refractivity contribution in [1.82, 2.24) is 9.99 Å². The highest BCUT2D eigenvalue weighted by atomic mass is 16.3. The number of aromatic hydroxyl groups is 1. The van der Waals surface area contributed by atoms with E-state index in [2.05, 4.69) is 21.2 Å². The molecule has 0 saturated carbocycles. The molecule has 2 N–H and O–H groups in total. The summed E-state index contributed by atoms with van der Waals surface area (Å²) >= 11 is 0. The number of para-hydroxylation sites is 1. The van der Waals surface area contributed by atoms with Gasteiger partial charge in [-0.25, -0.2) is 5.43 Å². The Morgan fingerprint density at radius 3 is 2.51 bits per heavy atom. The number of hydrazone groups is 1. The van der Waals surface area contributed by atoms with Crippen LogP contribution in [0.3, 0.4) is 0 Å². The first-order chi connectivity index (χ1) is 17.1. The van der Waals surface area contributed by atoms with E-state index in [0.29, 0.717) is 12.1 Å². The van der Waals surface area contributed by atoms with E-state index >= 15 is 0 Å². The van der Waals surface area contributed by atoms with Crippen LogP contribution in [0.15, 0.2) is 90.0 Å². The van der Waals surface area contributed by atoms with E-state index in [1.807, 2.05) is 79.7 Å². The van der Waals surface area contributed by atoms with Gasteiger partial charge in [-0.2, -0.15) is 10.4 Å². The Morgan fingerprint density at radius 1 is 1.03 bits per heavy atom. The maximum absolute atomic E-state index is 12.7. The Morgan fingerprint density at radius 2 is 1.71 bits per heavy atom. The third-order valence-corrected chi connectivity index (χ3v) is 6.21. The Bertz CT molecular complexity index is 1660. The molecule has 170 valence electrons. The molecule has 6 nitrogen and oxygen atoms in total. The van der Waals surface area contributed by atoms with Crippen LogP contribution in [-0.4, -0.2) is 21.8 Å². The number of fused-ring (bicyclic) bond motifs is 2. The minimum absolute atomic E-state index is 0.0969. The average Bonchev–Trinajstić information content (AvgIpc) is 3.14. The highest BCUT2D eigenvalue weighted by Gasteiger charge is 2.15. The third kappa shape index (κ3) is 4.11. The molecule has 0 bridgehead atoms. The van der Waals surface area contributed by atoms with Crippen LogP contribution >= 0.6 is 0 Å². The third-order valence-electron chi connectivity index (χ3n) is 6.21. The van der Waals surface area contributed by atoms with E-state index in [0.717, 1.165) is 38.5 Å². The summed E-state index contributed by atoms with van der Waals surface area (Å²) in [6, 6.07) is 28.5. The lowest BCUT2D eigenvalue weighted by Crippen LogP contribution is -2.17. The Labute approximate surface area is 202 Å². The molecule has 1 heterocycles. The molecule has 0 aliphatic heterocycles. The number of nitriles is 1. The van der Waals surface area contributed by atoms with Gasteiger partial charge in [0.05, 0.1) is 23.4 Å². The molecule has 4 aromatic carbocycles. The first kappa shape index (κ1) is 21.9. The molecule has 0 radical (unpaired) electrons. The summed E-state index contributed by atoms with van der Waals surface area (Å²) < 4.78 is 2.14. The van der Waals surface area contributed by atoms with Gasteiger partial charge in [0, 0.05) is 28.7 Å². The maximum atomic E-state index is 12.7.